The highest BCUT2D eigenvalue weighted by molar-refractivity contribution is 5.66. The molecule has 0 bridgehead atoms. The minimum atomic E-state index is -0.670. The lowest BCUT2D eigenvalue weighted by Gasteiger charge is -2.19. The molecule has 0 heterocycles. The van der Waals surface area contributed by atoms with Crippen molar-refractivity contribution in [1.82, 2.24) is 0 Å². The van der Waals surface area contributed by atoms with Crippen LogP contribution in [0.5, 0.6) is 5.75 Å². The number of rotatable bonds is 13. The predicted molar refractivity (Wildman–Crippen MR) is 93.2 cm³/mol. The minimum Gasteiger partial charge on any atom is -0.494 e. The normalized spacial score (nSPS) is 12.5. The van der Waals surface area contributed by atoms with Crippen LogP contribution in [0, 0.1) is 0 Å². The molecule has 1 N–H and O–H groups in total. The molecule has 0 aromatic heterocycles. The van der Waals surface area contributed by atoms with Crippen LogP contribution >= 0.6 is 0 Å². The summed E-state index contributed by atoms with van der Waals surface area (Å²) in [7, 11) is 0. The number of hydrogen-bond donors (Lipinski definition) is 1. The average molecular weight is 318 g/mol. The van der Waals surface area contributed by atoms with E-state index in [2.05, 4.69) is 18.2 Å². The van der Waals surface area contributed by atoms with Gasteiger partial charge in [-0.1, -0.05) is 51.0 Å². The fourth-order valence-corrected chi connectivity index (χ4v) is 3.07. The van der Waals surface area contributed by atoms with Crippen molar-refractivity contribution >= 4 is 5.97 Å². The van der Waals surface area contributed by atoms with Crippen LogP contribution < -0.4 is 4.74 Å². The van der Waals surface area contributed by atoms with E-state index in [0.29, 0.717) is 6.42 Å². The Kier molecular flexibility index (Phi) is 7.99. The van der Waals surface area contributed by atoms with Gasteiger partial charge in [-0.15, -0.1) is 0 Å². The van der Waals surface area contributed by atoms with Gasteiger partial charge in [0.15, 0.2) is 0 Å². The van der Waals surface area contributed by atoms with Gasteiger partial charge in [0.2, 0.25) is 0 Å². The molecule has 0 saturated carbocycles. The molecule has 0 radical (unpaired) electrons. The monoisotopic (exact) mass is 318 g/mol. The standard InChI is InChI=1S/C20H30O3/c21-20(22)10-8-6-4-2-1-3-5-7-9-15-23-19-14-13-17-11-12-18(17)16-19/h13-14,16H,1-12,15H2,(H,21,22). The van der Waals surface area contributed by atoms with E-state index in [-0.39, 0.29) is 0 Å². The van der Waals surface area contributed by atoms with E-state index in [4.69, 9.17) is 9.84 Å². The van der Waals surface area contributed by atoms with Crippen LogP contribution in [0.1, 0.15) is 75.3 Å². The van der Waals surface area contributed by atoms with Gasteiger partial charge in [0.1, 0.15) is 5.75 Å². The molecule has 1 aliphatic rings. The SMILES string of the molecule is O=C(O)CCCCCCCCCCCOc1ccc2c(c1)CC2. The largest absolute Gasteiger partial charge is 0.494 e. The summed E-state index contributed by atoms with van der Waals surface area (Å²) in [6.45, 7) is 0.827. The van der Waals surface area contributed by atoms with Gasteiger partial charge in [0.05, 0.1) is 6.61 Å². The molecule has 1 aromatic carbocycles. The van der Waals surface area contributed by atoms with Gasteiger partial charge < -0.3 is 9.84 Å². The Hall–Kier alpha value is -1.51. The molecular weight excluding hydrogens is 288 g/mol. The number of hydrogen-bond acceptors (Lipinski definition) is 2. The number of ether oxygens (including phenoxy) is 1. The third kappa shape index (κ3) is 7.06. The fraction of sp³-hybridized carbons (Fsp3) is 0.650. The fourth-order valence-electron chi connectivity index (χ4n) is 3.07. The maximum absolute atomic E-state index is 10.4. The Labute approximate surface area is 140 Å². The van der Waals surface area contributed by atoms with Crippen LogP contribution in [0.4, 0.5) is 0 Å². The number of carboxylic acid groups (broad SMARTS) is 1. The lowest BCUT2D eigenvalue weighted by Crippen LogP contribution is -2.08. The molecule has 0 amide bonds. The van der Waals surface area contributed by atoms with Crippen molar-refractivity contribution in [1.29, 1.82) is 0 Å². The number of benzene rings is 1. The summed E-state index contributed by atoms with van der Waals surface area (Å²) in [6, 6.07) is 6.50. The number of aliphatic carboxylic acids is 1. The zero-order chi connectivity index (χ0) is 16.3. The van der Waals surface area contributed by atoms with Gasteiger partial charge in [-0.25, -0.2) is 0 Å². The third-order valence-electron chi connectivity index (χ3n) is 4.65. The number of aryl methyl sites for hydroxylation is 2. The van der Waals surface area contributed by atoms with E-state index in [1.54, 1.807) is 0 Å². The zero-order valence-corrected chi connectivity index (χ0v) is 14.2. The number of unbranched alkanes of at least 4 members (excludes halogenated alkanes) is 8. The summed E-state index contributed by atoms with van der Waals surface area (Å²) in [4.78, 5) is 10.4. The molecule has 0 unspecified atom stereocenters. The maximum Gasteiger partial charge on any atom is 0.303 e. The van der Waals surface area contributed by atoms with Crippen LogP contribution in [0.3, 0.4) is 0 Å². The third-order valence-corrected chi connectivity index (χ3v) is 4.65. The summed E-state index contributed by atoms with van der Waals surface area (Å²) in [5.41, 5.74) is 2.95. The molecule has 0 atom stereocenters. The van der Waals surface area contributed by atoms with E-state index in [1.807, 2.05) is 0 Å². The second kappa shape index (κ2) is 10.3. The first-order valence-corrected chi connectivity index (χ1v) is 9.22. The molecular formula is C20H30O3. The molecule has 3 heteroatoms. The second-order valence-corrected chi connectivity index (χ2v) is 6.60. The zero-order valence-electron chi connectivity index (χ0n) is 14.2. The van der Waals surface area contributed by atoms with Gasteiger partial charge in [0, 0.05) is 6.42 Å². The summed E-state index contributed by atoms with van der Waals surface area (Å²) >= 11 is 0. The van der Waals surface area contributed by atoms with Gasteiger partial charge in [0.25, 0.3) is 0 Å². The quantitative estimate of drug-likeness (QED) is 0.512. The Morgan fingerprint density at radius 2 is 1.48 bits per heavy atom. The van der Waals surface area contributed by atoms with Crippen LogP contribution in [0.15, 0.2) is 18.2 Å². The van der Waals surface area contributed by atoms with E-state index in [0.717, 1.165) is 31.6 Å². The van der Waals surface area contributed by atoms with Crippen molar-refractivity contribution < 1.29 is 14.6 Å². The van der Waals surface area contributed by atoms with Crippen molar-refractivity contribution in [2.75, 3.05) is 6.61 Å². The molecule has 0 spiro atoms. The van der Waals surface area contributed by atoms with Crippen LogP contribution in [-0.2, 0) is 17.6 Å². The van der Waals surface area contributed by atoms with Crippen molar-refractivity contribution in [2.45, 2.75) is 77.0 Å². The average Bonchev–Trinajstić information content (AvgIpc) is 2.50. The molecule has 2 rings (SSSR count). The highest BCUT2D eigenvalue weighted by Crippen LogP contribution is 2.27. The molecule has 0 aliphatic heterocycles. The summed E-state index contributed by atoms with van der Waals surface area (Å²) < 4.78 is 5.82. The highest BCUT2D eigenvalue weighted by Gasteiger charge is 2.12. The molecule has 0 fully saturated rings. The smallest absolute Gasteiger partial charge is 0.303 e. The van der Waals surface area contributed by atoms with Gasteiger partial charge in [-0.3, -0.25) is 4.79 Å². The number of fused-ring (bicyclic) bond motifs is 1. The first-order chi connectivity index (χ1) is 11.3. The van der Waals surface area contributed by atoms with Crippen LogP contribution in [0.25, 0.3) is 0 Å². The molecule has 128 valence electrons. The molecule has 1 aromatic rings. The van der Waals surface area contributed by atoms with E-state index >= 15 is 0 Å². The molecule has 1 aliphatic carbocycles. The van der Waals surface area contributed by atoms with Gasteiger partial charge in [-0.05, 0) is 48.9 Å². The summed E-state index contributed by atoms with van der Waals surface area (Å²) in [5, 5.41) is 8.55. The van der Waals surface area contributed by atoms with Crippen molar-refractivity contribution in [2.24, 2.45) is 0 Å². The van der Waals surface area contributed by atoms with Gasteiger partial charge in [-0.2, -0.15) is 0 Å². The van der Waals surface area contributed by atoms with Gasteiger partial charge >= 0.3 is 5.97 Å². The Bertz CT molecular complexity index is 482. The Balaban J connectivity index is 1.35. The lowest BCUT2D eigenvalue weighted by atomic mass is 9.89. The Morgan fingerprint density at radius 1 is 0.870 bits per heavy atom. The van der Waals surface area contributed by atoms with Crippen molar-refractivity contribution in [3.63, 3.8) is 0 Å². The molecule has 3 nitrogen and oxygen atoms in total. The maximum atomic E-state index is 10.4. The predicted octanol–water partition coefficient (Wildman–Crippen LogP) is 5.15. The molecule has 0 saturated heterocycles. The summed E-state index contributed by atoms with van der Waals surface area (Å²) in [6.07, 6.45) is 13.3. The van der Waals surface area contributed by atoms with E-state index in [1.165, 1.54) is 62.5 Å². The first kappa shape index (κ1) is 17.8. The summed E-state index contributed by atoms with van der Waals surface area (Å²) in [5.74, 6) is 0.362. The molecule has 23 heavy (non-hydrogen) atoms. The first-order valence-electron chi connectivity index (χ1n) is 9.22. The Morgan fingerprint density at radius 3 is 2.04 bits per heavy atom. The highest BCUT2D eigenvalue weighted by atomic mass is 16.5. The van der Waals surface area contributed by atoms with E-state index in [9.17, 15) is 4.79 Å². The second-order valence-electron chi connectivity index (χ2n) is 6.60. The van der Waals surface area contributed by atoms with Crippen molar-refractivity contribution in [3.8, 4) is 5.75 Å². The van der Waals surface area contributed by atoms with Crippen LogP contribution in [0.2, 0.25) is 0 Å². The minimum absolute atomic E-state index is 0.324. The van der Waals surface area contributed by atoms with E-state index < -0.39 is 5.97 Å². The number of carbonyl (C=O) groups is 1. The topological polar surface area (TPSA) is 46.5 Å². The number of carboxylic acids is 1. The van der Waals surface area contributed by atoms with Crippen molar-refractivity contribution in [3.05, 3.63) is 29.3 Å². The lowest BCUT2D eigenvalue weighted by molar-refractivity contribution is -0.137. The van der Waals surface area contributed by atoms with Crippen LogP contribution in [-0.4, -0.2) is 17.7 Å².